The molecule has 1 aromatic carbocycles. The Bertz CT molecular complexity index is 820. The summed E-state index contributed by atoms with van der Waals surface area (Å²) in [6.07, 6.45) is 0.826. The van der Waals surface area contributed by atoms with Gasteiger partial charge < -0.3 is 14.5 Å². The summed E-state index contributed by atoms with van der Waals surface area (Å²) in [7, 11) is 1.50. The van der Waals surface area contributed by atoms with E-state index in [4.69, 9.17) is 20.8 Å². The fraction of sp³-hybridized carbons (Fsp3) is 0.250. The van der Waals surface area contributed by atoms with Crippen LogP contribution in [0.15, 0.2) is 34.7 Å². The second kappa shape index (κ2) is 7.27. The average molecular weight is 346 g/mol. The van der Waals surface area contributed by atoms with Crippen LogP contribution in [0.2, 0.25) is 5.15 Å². The van der Waals surface area contributed by atoms with Gasteiger partial charge in [0, 0.05) is 25.1 Å². The summed E-state index contributed by atoms with van der Waals surface area (Å²) >= 11 is 5.91. The van der Waals surface area contributed by atoms with Gasteiger partial charge in [-0.25, -0.2) is 0 Å². The van der Waals surface area contributed by atoms with Crippen molar-refractivity contribution >= 4 is 17.4 Å². The maximum Gasteiger partial charge on any atom is 0.319 e. The van der Waals surface area contributed by atoms with Crippen molar-refractivity contribution in [1.29, 1.82) is 0 Å². The SMILES string of the molecule is COc1nc(Cl)cc(NCCc2ccc(-c3nnc(C)o3)cc2)n1. The number of rotatable bonds is 6. The molecule has 7 nitrogen and oxygen atoms in total. The van der Waals surface area contributed by atoms with Crippen molar-refractivity contribution in [2.75, 3.05) is 19.0 Å². The van der Waals surface area contributed by atoms with E-state index >= 15 is 0 Å². The zero-order chi connectivity index (χ0) is 16.9. The molecule has 24 heavy (non-hydrogen) atoms. The third-order valence-electron chi connectivity index (χ3n) is 3.30. The Balaban J connectivity index is 1.58. The molecule has 2 heterocycles. The molecule has 3 aromatic rings. The summed E-state index contributed by atoms with van der Waals surface area (Å²) in [6.45, 7) is 2.47. The van der Waals surface area contributed by atoms with Crippen LogP contribution in [-0.4, -0.2) is 33.8 Å². The van der Waals surface area contributed by atoms with Crippen LogP contribution in [0.1, 0.15) is 11.5 Å². The van der Waals surface area contributed by atoms with Gasteiger partial charge in [0.05, 0.1) is 7.11 Å². The molecule has 2 aromatic heterocycles. The molecule has 124 valence electrons. The maximum absolute atomic E-state index is 5.91. The summed E-state index contributed by atoms with van der Waals surface area (Å²) in [6, 6.07) is 9.89. The number of hydrogen-bond donors (Lipinski definition) is 1. The minimum absolute atomic E-state index is 0.240. The van der Waals surface area contributed by atoms with Crippen molar-refractivity contribution in [2.24, 2.45) is 0 Å². The first-order chi connectivity index (χ1) is 11.6. The number of nitrogens with one attached hydrogen (secondary N) is 1. The first kappa shape index (κ1) is 16.2. The molecule has 0 aliphatic heterocycles. The highest BCUT2D eigenvalue weighted by atomic mass is 35.5. The predicted octanol–water partition coefficient (Wildman–Crippen LogP) is 3.15. The second-order valence-corrected chi connectivity index (χ2v) is 5.45. The van der Waals surface area contributed by atoms with Crippen molar-refractivity contribution in [1.82, 2.24) is 20.2 Å². The van der Waals surface area contributed by atoms with Gasteiger partial charge in [0.2, 0.25) is 11.8 Å². The van der Waals surface area contributed by atoms with E-state index in [0.717, 1.165) is 12.0 Å². The lowest BCUT2D eigenvalue weighted by atomic mass is 10.1. The number of benzene rings is 1. The average Bonchev–Trinajstić information content (AvgIpc) is 3.01. The molecule has 0 amide bonds. The molecule has 0 bridgehead atoms. The maximum atomic E-state index is 5.91. The molecule has 0 radical (unpaired) electrons. The quantitative estimate of drug-likeness (QED) is 0.687. The lowest BCUT2D eigenvalue weighted by Crippen LogP contribution is -2.07. The van der Waals surface area contributed by atoms with Crippen LogP contribution in [-0.2, 0) is 6.42 Å². The van der Waals surface area contributed by atoms with Gasteiger partial charge in [-0.2, -0.15) is 9.97 Å². The number of aromatic nitrogens is 4. The fourth-order valence-corrected chi connectivity index (χ4v) is 2.32. The second-order valence-electron chi connectivity index (χ2n) is 5.06. The van der Waals surface area contributed by atoms with E-state index in [1.165, 1.54) is 12.7 Å². The van der Waals surface area contributed by atoms with Gasteiger partial charge in [0.25, 0.3) is 0 Å². The van der Waals surface area contributed by atoms with E-state index in [-0.39, 0.29) is 6.01 Å². The van der Waals surface area contributed by atoms with Gasteiger partial charge >= 0.3 is 6.01 Å². The van der Waals surface area contributed by atoms with Crippen molar-refractivity contribution in [3.63, 3.8) is 0 Å². The minimum atomic E-state index is 0.240. The van der Waals surface area contributed by atoms with Crippen LogP contribution in [0, 0.1) is 6.92 Å². The van der Waals surface area contributed by atoms with Crippen LogP contribution >= 0.6 is 11.6 Å². The van der Waals surface area contributed by atoms with E-state index in [1.54, 1.807) is 13.0 Å². The third kappa shape index (κ3) is 3.99. The monoisotopic (exact) mass is 345 g/mol. The number of ether oxygens (including phenoxy) is 1. The molecule has 0 unspecified atom stereocenters. The largest absolute Gasteiger partial charge is 0.467 e. The number of methoxy groups -OCH3 is 1. The van der Waals surface area contributed by atoms with Crippen LogP contribution in [0.3, 0.4) is 0 Å². The normalized spacial score (nSPS) is 10.6. The molecule has 8 heteroatoms. The van der Waals surface area contributed by atoms with E-state index in [0.29, 0.717) is 29.3 Å². The lowest BCUT2D eigenvalue weighted by Gasteiger charge is -2.07. The summed E-state index contributed by atoms with van der Waals surface area (Å²) in [5.41, 5.74) is 2.08. The molecular weight excluding hydrogens is 330 g/mol. The molecule has 3 rings (SSSR count). The van der Waals surface area contributed by atoms with Gasteiger partial charge in [0.1, 0.15) is 11.0 Å². The summed E-state index contributed by atoms with van der Waals surface area (Å²) in [5, 5.41) is 11.4. The van der Waals surface area contributed by atoms with Crippen LogP contribution in [0.4, 0.5) is 5.82 Å². The number of anilines is 1. The highest BCUT2D eigenvalue weighted by Crippen LogP contribution is 2.19. The topological polar surface area (TPSA) is 86.0 Å². The van der Waals surface area contributed by atoms with Gasteiger partial charge in [-0.3, -0.25) is 0 Å². The minimum Gasteiger partial charge on any atom is -0.467 e. The van der Waals surface area contributed by atoms with Crippen molar-refractivity contribution in [3.8, 4) is 17.5 Å². The molecular formula is C16H16ClN5O2. The standard InChI is InChI=1S/C16H16ClN5O2/c1-10-21-22-15(24-10)12-5-3-11(4-6-12)7-8-18-14-9-13(17)19-16(20-14)23-2/h3-6,9H,7-8H2,1-2H3,(H,18,19,20). The van der Waals surface area contributed by atoms with E-state index in [1.807, 2.05) is 24.3 Å². The van der Waals surface area contributed by atoms with Crippen molar-refractivity contribution in [3.05, 3.63) is 46.9 Å². The molecule has 0 aliphatic rings. The smallest absolute Gasteiger partial charge is 0.319 e. The molecule has 0 spiro atoms. The van der Waals surface area contributed by atoms with Crippen LogP contribution in [0.25, 0.3) is 11.5 Å². The molecule has 0 fully saturated rings. The van der Waals surface area contributed by atoms with Crippen LogP contribution in [0.5, 0.6) is 6.01 Å². The zero-order valence-corrected chi connectivity index (χ0v) is 14.0. The highest BCUT2D eigenvalue weighted by Gasteiger charge is 2.06. The summed E-state index contributed by atoms with van der Waals surface area (Å²) < 4.78 is 10.4. The van der Waals surface area contributed by atoms with Crippen molar-refractivity contribution in [2.45, 2.75) is 13.3 Å². The van der Waals surface area contributed by atoms with Gasteiger partial charge in [-0.15, -0.1) is 10.2 Å². The third-order valence-corrected chi connectivity index (χ3v) is 3.50. The van der Waals surface area contributed by atoms with Gasteiger partial charge in [-0.1, -0.05) is 23.7 Å². The molecule has 0 saturated heterocycles. The molecule has 1 N–H and O–H groups in total. The Morgan fingerprint density at radius 2 is 1.96 bits per heavy atom. The Kier molecular flexibility index (Phi) is 4.90. The lowest BCUT2D eigenvalue weighted by molar-refractivity contribution is 0.380. The number of hydrogen-bond acceptors (Lipinski definition) is 7. The number of halogens is 1. The predicted molar refractivity (Wildman–Crippen MR) is 90.3 cm³/mol. The Hall–Kier alpha value is -2.67. The Morgan fingerprint density at radius 3 is 2.62 bits per heavy atom. The van der Waals surface area contributed by atoms with E-state index in [2.05, 4.69) is 25.5 Å². The zero-order valence-electron chi connectivity index (χ0n) is 13.3. The first-order valence-electron chi connectivity index (χ1n) is 7.36. The number of aryl methyl sites for hydroxylation is 1. The molecule has 0 saturated carbocycles. The number of nitrogens with zero attached hydrogens (tertiary/aromatic N) is 4. The van der Waals surface area contributed by atoms with Gasteiger partial charge in [-0.05, 0) is 24.1 Å². The highest BCUT2D eigenvalue weighted by molar-refractivity contribution is 6.29. The van der Waals surface area contributed by atoms with E-state index < -0.39 is 0 Å². The molecule has 0 atom stereocenters. The fourth-order valence-electron chi connectivity index (χ4n) is 2.14. The van der Waals surface area contributed by atoms with Crippen molar-refractivity contribution < 1.29 is 9.15 Å². The summed E-state index contributed by atoms with van der Waals surface area (Å²) in [4.78, 5) is 8.11. The Morgan fingerprint density at radius 1 is 1.17 bits per heavy atom. The Labute approximate surface area is 144 Å². The van der Waals surface area contributed by atoms with Gasteiger partial charge in [0.15, 0.2) is 0 Å². The summed E-state index contributed by atoms with van der Waals surface area (Å²) in [5.74, 6) is 1.71. The first-order valence-corrected chi connectivity index (χ1v) is 7.74. The van der Waals surface area contributed by atoms with Crippen LogP contribution < -0.4 is 10.1 Å². The van der Waals surface area contributed by atoms with E-state index in [9.17, 15) is 0 Å². The molecule has 0 aliphatic carbocycles.